The minimum Gasteiger partial charge on any atom is -0.396 e. The summed E-state index contributed by atoms with van der Waals surface area (Å²) in [6.07, 6.45) is 4.76. The van der Waals surface area contributed by atoms with Crippen LogP contribution in [0.4, 0.5) is 0 Å². The van der Waals surface area contributed by atoms with Gasteiger partial charge in [0.2, 0.25) is 10.0 Å². The third kappa shape index (κ3) is 3.66. The molecule has 0 unspecified atom stereocenters. The van der Waals surface area contributed by atoms with Crippen LogP contribution < -0.4 is 0 Å². The van der Waals surface area contributed by atoms with Crippen LogP contribution in [-0.4, -0.2) is 42.8 Å². The molecule has 102 valence electrons. The molecule has 0 spiro atoms. The quantitative estimate of drug-likeness (QED) is 0.819. The van der Waals surface area contributed by atoms with E-state index in [-0.39, 0.29) is 17.9 Å². The van der Waals surface area contributed by atoms with Gasteiger partial charge in [0, 0.05) is 19.7 Å². The van der Waals surface area contributed by atoms with Crippen molar-refractivity contribution >= 4 is 10.0 Å². The van der Waals surface area contributed by atoms with Crippen molar-refractivity contribution in [2.75, 3.05) is 13.7 Å². The zero-order chi connectivity index (χ0) is 13.1. The Morgan fingerprint density at radius 2 is 1.76 bits per heavy atom. The highest BCUT2D eigenvalue weighted by Crippen LogP contribution is 2.30. The van der Waals surface area contributed by atoms with E-state index >= 15 is 0 Å². The standard InChI is InChI=1S/C12H25NO3S/c1-10(2)17(15,16)13(3)12-6-4-11(5-7-12)8-9-14/h10-12,14H,4-9H2,1-3H3. The van der Waals surface area contributed by atoms with Gasteiger partial charge in [0.25, 0.3) is 0 Å². The van der Waals surface area contributed by atoms with Gasteiger partial charge in [0.1, 0.15) is 0 Å². The second-order valence-corrected chi connectivity index (χ2v) is 7.85. The van der Waals surface area contributed by atoms with Crippen molar-refractivity contribution in [1.82, 2.24) is 4.31 Å². The number of aliphatic hydroxyl groups excluding tert-OH is 1. The first-order chi connectivity index (χ1) is 7.89. The van der Waals surface area contributed by atoms with Gasteiger partial charge in [-0.2, -0.15) is 0 Å². The summed E-state index contributed by atoms with van der Waals surface area (Å²) in [7, 11) is -1.42. The lowest BCUT2D eigenvalue weighted by Crippen LogP contribution is -2.42. The number of nitrogens with zero attached hydrogens (tertiary/aromatic N) is 1. The summed E-state index contributed by atoms with van der Waals surface area (Å²) in [6.45, 7) is 3.70. The molecule has 1 fully saturated rings. The number of rotatable bonds is 5. The highest BCUT2D eigenvalue weighted by atomic mass is 32.2. The van der Waals surface area contributed by atoms with E-state index < -0.39 is 10.0 Å². The number of hydrogen-bond donors (Lipinski definition) is 1. The van der Waals surface area contributed by atoms with E-state index in [4.69, 9.17) is 5.11 Å². The zero-order valence-electron chi connectivity index (χ0n) is 11.1. The van der Waals surface area contributed by atoms with Gasteiger partial charge >= 0.3 is 0 Å². The van der Waals surface area contributed by atoms with Crippen LogP contribution in [0.25, 0.3) is 0 Å². The molecule has 0 aromatic heterocycles. The Hall–Kier alpha value is -0.130. The van der Waals surface area contributed by atoms with E-state index in [1.54, 1.807) is 25.2 Å². The molecule has 0 heterocycles. The summed E-state index contributed by atoms with van der Waals surface area (Å²) < 4.78 is 25.6. The monoisotopic (exact) mass is 263 g/mol. The van der Waals surface area contributed by atoms with Gasteiger partial charge in [0.15, 0.2) is 0 Å². The van der Waals surface area contributed by atoms with Gasteiger partial charge < -0.3 is 5.11 Å². The largest absolute Gasteiger partial charge is 0.396 e. The molecule has 0 saturated heterocycles. The lowest BCUT2D eigenvalue weighted by Gasteiger charge is -2.34. The van der Waals surface area contributed by atoms with E-state index in [2.05, 4.69) is 0 Å². The predicted molar refractivity (Wildman–Crippen MR) is 69.3 cm³/mol. The Morgan fingerprint density at radius 1 is 1.24 bits per heavy atom. The van der Waals surface area contributed by atoms with Crippen molar-refractivity contribution in [3.63, 3.8) is 0 Å². The Morgan fingerprint density at radius 3 is 2.18 bits per heavy atom. The molecule has 0 aromatic carbocycles. The molecule has 1 rings (SSSR count). The summed E-state index contributed by atoms with van der Waals surface area (Å²) in [5.74, 6) is 0.575. The van der Waals surface area contributed by atoms with Crippen molar-refractivity contribution in [1.29, 1.82) is 0 Å². The fraction of sp³-hybridized carbons (Fsp3) is 1.00. The second kappa shape index (κ2) is 6.16. The fourth-order valence-electron chi connectivity index (χ4n) is 2.52. The molecule has 0 bridgehead atoms. The van der Waals surface area contributed by atoms with E-state index in [1.807, 2.05) is 0 Å². The van der Waals surface area contributed by atoms with Gasteiger partial charge in [-0.1, -0.05) is 0 Å². The first-order valence-corrected chi connectivity index (χ1v) is 7.97. The Kier molecular flexibility index (Phi) is 5.41. The fourth-order valence-corrected chi connectivity index (χ4v) is 3.81. The highest BCUT2D eigenvalue weighted by molar-refractivity contribution is 7.89. The van der Waals surface area contributed by atoms with Crippen LogP contribution in [0, 0.1) is 5.92 Å². The summed E-state index contributed by atoms with van der Waals surface area (Å²) in [6, 6.07) is 0.150. The SMILES string of the molecule is CC(C)S(=O)(=O)N(C)C1CCC(CCO)CC1. The average molecular weight is 263 g/mol. The summed E-state index contributed by atoms with van der Waals surface area (Å²) in [4.78, 5) is 0. The molecule has 1 N–H and O–H groups in total. The van der Waals surface area contributed by atoms with Gasteiger partial charge in [-0.05, 0) is 51.9 Å². The van der Waals surface area contributed by atoms with E-state index in [0.717, 1.165) is 32.1 Å². The van der Waals surface area contributed by atoms with Crippen LogP contribution in [0.5, 0.6) is 0 Å². The maximum Gasteiger partial charge on any atom is 0.216 e. The summed E-state index contributed by atoms with van der Waals surface area (Å²) >= 11 is 0. The average Bonchev–Trinajstić information content (AvgIpc) is 2.29. The Bertz CT molecular complexity index is 319. The van der Waals surface area contributed by atoms with E-state index in [9.17, 15) is 8.42 Å². The van der Waals surface area contributed by atoms with Crippen molar-refractivity contribution < 1.29 is 13.5 Å². The van der Waals surface area contributed by atoms with Gasteiger partial charge in [0.05, 0.1) is 5.25 Å². The zero-order valence-corrected chi connectivity index (χ0v) is 11.9. The van der Waals surface area contributed by atoms with Gasteiger partial charge in [-0.25, -0.2) is 12.7 Å². The first kappa shape index (κ1) is 14.9. The maximum absolute atomic E-state index is 12.0. The normalized spacial score (nSPS) is 26.7. The summed E-state index contributed by atoms with van der Waals surface area (Å²) in [5.41, 5.74) is 0. The van der Waals surface area contributed by atoms with Crippen LogP contribution in [0.15, 0.2) is 0 Å². The molecule has 1 aliphatic carbocycles. The van der Waals surface area contributed by atoms with Crippen LogP contribution in [0.1, 0.15) is 46.0 Å². The van der Waals surface area contributed by atoms with Crippen molar-refractivity contribution in [3.05, 3.63) is 0 Å². The number of hydrogen-bond acceptors (Lipinski definition) is 3. The van der Waals surface area contributed by atoms with Crippen LogP contribution in [0.2, 0.25) is 0 Å². The molecule has 17 heavy (non-hydrogen) atoms. The van der Waals surface area contributed by atoms with Gasteiger partial charge in [-0.15, -0.1) is 0 Å². The number of sulfonamides is 1. The Balaban J connectivity index is 2.54. The molecule has 4 nitrogen and oxygen atoms in total. The minimum absolute atomic E-state index is 0.150. The smallest absolute Gasteiger partial charge is 0.216 e. The third-order valence-corrected chi connectivity index (χ3v) is 6.16. The Labute approximate surface area is 105 Å². The van der Waals surface area contributed by atoms with Crippen LogP contribution in [0.3, 0.4) is 0 Å². The van der Waals surface area contributed by atoms with Crippen molar-refractivity contribution in [2.45, 2.75) is 57.2 Å². The lowest BCUT2D eigenvalue weighted by atomic mass is 9.84. The van der Waals surface area contributed by atoms with E-state index in [0.29, 0.717) is 5.92 Å². The highest BCUT2D eigenvalue weighted by Gasteiger charge is 2.31. The molecule has 0 amide bonds. The van der Waals surface area contributed by atoms with Gasteiger partial charge in [-0.3, -0.25) is 0 Å². The van der Waals surface area contributed by atoms with Crippen molar-refractivity contribution in [2.24, 2.45) is 5.92 Å². The summed E-state index contributed by atoms with van der Waals surface area (Å²) in [5, 5.41) is 8.54. The first-order valence-electron chi connectivity index (χ1n) is 6.47. The topological polar surface area (TPSA) is 57.6 Å². The molecule has 0 aromatic rings. The molecular weight excluding hydrogens is 238 g/mol. The lowest BCUT2D eigenvalue weighted by molar-refractivity contribution is 0.192. The molecular formula is C12H25NO3S. The second-order valence-electron chi connectivity index (χ2n) is 5.30. The van der Waals surface area contributed by atoms with Crippen molar-refractivity contribution in [3.8, 4) is 0 Å². The molecule has 1 aliphatic rings. The maximum atomic E-state index is 12.0. The molecule has 5 heteroatoms. The minimum atomic E-state index is -3.12. The molecule has 1 saturated carbocycles. The van der Waals surface area contributed by atoms with Crippen LogP contribution >= 0.6 is 0 Å². The van der Waals surface area contributed by atoms with Crippen LogP contribution in [-0.2, 0) is 10.0 Å². The molecule has 0 atom stereocenters. The number of aliphatic hydroxyl groups is 1. The molecule has 0 aliphatic heterocycles. The predicted octanol–water partition coefficient (Wildman–Crippen LogP) is 1.60. The molecule has 0 radical (unpaired) electrons. The van der Waals surface area contributed by atoms with E-state index in [1.165, 1.54) is 0 Å². The third-order valence-electron chi connectivity index (χ3n) is 3.86.